The van der Waals surface area contributed by atoms with Crippen molar-refractivity contribution in [2.75, 3.05) is 32.7 Å². The van der Waals surface area contributed by atoms with Crippen molar-refractivity contribution < 1.29 is 0 Å². The van der Waals surface area contributed by atoms with Crippen molar-refractivity contribution in [3.05, 3.63) is 0 Å². The first-order valence-electron chi connectivity index (χ1n) is 8.37. The molecule has 4 unspecified atom stereocenters. The molecule has 0 amide bonds. The molecule has 0 aromatic heterocycles. The summed E-state index contributed by atoms with van der Waals surface area (Å²) >= 11 is 0. The fourth-order valence-electron chi connectivity index (χ4n) is 3.75. The maximum Gasteiger partial charge on any atom is 0.0224 e. The van der Waals surface area contributed by atoms with E-state index in [1.54, 1.807) is 0 Å². The highest BCUT2D eigenvalue weighted by molar-refractivity contribution is 4.92. The number of hydrogen-bond donors (Lipinski definition) is 1. The molecule has 0 aromatic rings. The molecule has 2 aliphatic heterocycles. The van der Waals surface area contributed by atoms with E-state index in [0.717, 1.165) is 24.5 Å². The summed E-state index contributed by atoms with van der Waals surface area (Å²) in [5, 5.41) is 3.71. The number of fused-ring (bicyclic) bond motifs is 1. The Kier molecular flexibility index (Phi) is 5.67. The SMILES string of the molecule is CCNC(CN1CC2CCCN2CC1C)C(C)CC. The number of hydrogen-bond acceptors (Lipinski definition) is 3. The van der Waals surface area contributed by atoms with Crippen LogP contribution in [0.5, 0.6) is 0 Å². The molecule has 4 atom stereocenters. The van der Waals surface area contributed by atoms with E-state index in [-0.39, 0.29) is 0 Å². The molecule has 2 aliphatic rings. The van der Waals surface area contributed by atoms with Gasteiger partial charge in [0.2, 0.25) is 0 Å². The summed E-state index contributed by atoms with van der Waals surface area (Å²) in [4.78, 5) is 5.46. The van der Waals surface area contributed by atoms with Gasteiger partial charge in [0.15, 0.2) is 0 Å². The lowest BCUT2D eigenvalue weighted by Gasteiger charge is -2.44. The Hall–Kier alpha value is -0.120. The maximum absolute atomic E-state index is 3.71. The van der Waals surface area contributed by atoms with Gasteiger partial charge in [-0.3, -0.25) is 9.80 Å². The number of nitrogens with one attached hydrogen (secondary N) is 1. The van der Waals surface area contributed by atoms with Gasteiger partial charge < -0.3 is 5.32 Å². The summed E-state index contributed by atoms with van der Waals surface area (Å²) in [7, 11) is 0. The zero-order valence-electron chi connectivity index (χ0n) is 13.4. The Morgan fingerprint density at radius 2 is 2.05 bits per heavy atom. The molecule has 1 N–H and O–H groups in total. The summed E-state index contributed by atoms with van der Waals surface area (Å²) in [6.45, 7) is 15.6. The van der Waals surface area contributed by atoms with E-state index in [2.05, 4.69) is 42.8 Å². The van der Waals surface area contributed by atoms with Crippen LogP contribution >= 0.6 is 0 Å². The first-order chi connectivity index (χ1) is 9.15. The van der Waals surface area contributed by atoms with Crippen molar-refractivity contribution in [1.29, 1.82) is 0 Å². The monoisotopic (exact) mass is 267 g/mol. The van der Waals surface area contributed by atoms with Crippen LogP contribution in [0.15, 0.2) is 0 Å². The van der Waals surface area contributed by atoms with E-state index < -0.39 is 0 Å². The van der Waals surface area contributed by atoms with Crippen molar-refractivity contribution >= 4 is 0 Å². The molecule has 2 rings (SSSR count). The fourth-order valence-corrected chi connectivity index (χ4v) is 3.75. The van der Waals surface area contributed by atoms with Gasteiger partial charge in [0.05, 0.1) is 0 Å². The largest absolute Gasteiger partial charge is 0.313 e. The van der Waals surface area contributed by atoms with E-state index in [1.807, 2.05) is 0 Å². The Morgan fingerprint density at radius 1 is 1.26 bits per heavy atom. The second-order valence-corrected chi connectivity index (χ2v) is 6.64. The molecule has 0 radical (unpaired) electrons. The Morgan fingerprint density at radius 3 is 2.74 bits per heavy atom. The van der Waals surface area contributed by atoms with Gasteiger partial charge in [0.1, 0.15) is 0 Å². The molecule has 0 aromatic carbocycles. The lowest BCUT2D eigenvalue weighted by Crippen LogP contribution is -2.58. The third-order valence-electron chi connectivity index (χ3n) is 5.29. The van der Waals surface area contributed by atoms with Crippen molar-refractivity contribution in [3.63, 3.8) is 0 Å². The van der Waals surface area contributed by atoms with Crippen LogP contribution in [0.1, 0.15) is 47.0 Å². The summed E-state index contributed by atoms with van der Waals surface area (Å²) in [5.74, 6) is 0.772. The molecule has 112 valence electrons. The van der Waals surface area contributed by atoms with Gasteiger partial charge in [0, 0.05) is 37.8 Å². The van der Waals surface area contributed by atoms with Crippen LogP contribution in [0.25, 0.3) is 0 Å². The minimum absolute atomic E-state index is 0.658. The molecular formula is C16H33N3. The normalized spacial score (nSPS) is 32.2. The van der Waals surface area contributed by atoms with E-state index >= 15 is 0 Å². The van der Waals surface area contributed by atoms with Crippen LogP contribution in [0.3, 0.4) is 0 Å². The van der Waals surface area contributed by atoms with Crippen molar-refractivity contribution in [1.82, 2.24) is 15.1 Å². The Balaban J connectivity index is 1.92. The summed E-state index contributed by atoms with van der Waals surface area (Å²) < 4.78 is 0. The zero-order valence-corrected chi connectivity index (χ0v) is 13.4. The molecule has 2 fully saturated rings. The number of nitrogens with zero attached hydrogens (tertiary/aromatic N) is 2. The lowest BCUT2D eigenvalue weighted by molar-refractivity contribution is 0.0475. The van der Waals surface area contributed by atoms with E-state index in [4.69, 9.17) is 0 Å². The average Bonchev–Trinajstić information content (AvgIpc) is 2.84. The topological polar surface area (TPSA) is 18.5 Å². The zero-order chi connectivity index (χ0) is 13.8. The number of rotatable bonds is 6. The molecule has 0 saturated carbocycles. The Bertz CT molecular complexity index is 269. The van der Waals surface area contributed by atoms with Crippen molar-refractivity contribution in [2.24, 2.45) is 5.92 Å². The van der Waals surface area contributed by atoms with E-state index in [9.17, 15) is 0 Å². The smallest absolute Gasteiger partial charge is 0.0224 e. The fraction of sp³-hybridized carbons (Fsp3) is 1.00. The van der Waals surface area contributed by atoms with Gasteiger partial charge in [-0.15, -0.1) is 0 Å². The molecule has 0 aliphatic carbocycles. The second kappa shape index (κ2) is 7.05. The predicted molar refractivity (Wildman–Crippen MR) is 82.5 cm³/mol. The quantitative estimate of drug-likeness (QED) is 0.796. The van der Waals surface area contributed by atoms with Crippen LogP contribution in [0.2, 0.25) is 0 Å². The number of likely N-dealkylation sites (N-methyl/N-ethyl adjacent to an activating group) is 1. The molecule has 3 heteroatoms. The molecule has 2 saturated heterocycles. The van der Waals surface area contributed by atoms with E-state index in [0.29, 0.717) is 6.04 Å². The molecule has 19 heavy (non-hydrogen) atoms. The summed E-state index contributed by atoms with van der Waals surface area (Å²) in [6.07, 6.45) is 4.10. The predicted octanol–water partition coefficient (Wildman–Crippen LogP) is 2.18. The van der Waals surface area contributed by atoms with Gasteiger partial charge >= 0.3 is 0 Å². The summed E-state index contributed by atoms with van der Waals surface area (Å²) in [5.41, 5.74) is 0. The molecular weight excluding hydrogens is 234 g/mol. The van der Waals surface area contributed by atoms with Crippen LogP contribution in [0, 0.1) is 5.92 Å². The van der Waals surface area contributed by atoms with Crippen LogP contribution in [0.4, 0.5) is 0 Å². The van der Waals surface area contributed by atoms with Crippen LogP contribution in [-0.2, 0) is 0 Å². The van der Waals surface area contributed by atoms with Gasteiger partial charge in [-0.05, 0) is 38.8 Å². The van der Waals surface area contributed by atoms with E-state index in [1.165, 1.54) is 45.4 Å². The highest BCUT2D eigenvalue weighted by Crippen LogP contribution is 2.25. The van der Waals surface area contributed by atoms with Gasteiger partial charge in [-0.1, -0.05) is 27.2 Å². The second-order valence-electron chi connectivity index (χ2n) is 6.64. The minimum Gasteiger partial charge on any atom is -0.313 e. The molecule has 0 spiro atoms. The highest BCUT2D eigenvalue weighted by Gasteiger charge is 2.35. The third kappa shape index (κ3) is 3.71. The van der Waals surface area contributed by atoms with Gasteiger partial charge in [-0.25, -0.2) is 0 Å². The van der Waals surface area contributed by atoms with Crippen molar-refractivity contribution in [3.8, 4) is 0 Å². The standard InChI is InChI=1S/C16H33N3/c1-5-13(3)16(17-6-2)12-19-11-15-8-7-9-18(15)10-14(19)4/h13-17H,5-12H2,1-4H3. The van der Waals surface area contributed by atoms with Crippen LogP contribution < -0.4 is 5.32 Å². The first kappa shape index (κ1) is 15.3. The average molecular weight is 267 g/mol. The first-order valence-corrected chi connectivity index (χ1v) is 8.37. The molecule has 2 heterocycles. The van der Waals surface area contributed by atoms with Crippen LogP contribution in [-0.4, -0.2) is 60.6 Å². The lowest BCUT2D eigenvalue weighted by atomic mass is 9.97. The molecule has 0 bridgehead atoms. The third-order valence-corrected chi connectivity index (χ3v) is 5.29. The number of piperazine rings is 1. The minimum atomic E-state index is 0.658. The van der Waals surface area contributed by atoms with Crippen molar-refractivity contribution in [2.45, 2.75) is 65.1 Å². The highest BCUT2D eigenvalue weighted by atomic mass is 15.3. The van der Waals surface area contributed by atoms with Gasteiger partial charge in [-0.2, -0.15) is 0 Å². The Labute approximate surface area is 119 Å². The molecule has 3 nitrogen and oxygen atoms in total. The summed E-state index contributed by atoms with van der Waals surface area (Å²) in [6, 6.07) is 2.22. The van der Waals surface area contributed by atoms with Gasteiger partial charge in [0.25, 0.3) is 0 Å². The maximum atomic E-state index is 3.71.